The van der Waals surface area contributed by atoms with E-state index < -0.39 is 5.91 Å². The third kappa shape index (κ3) is 1.91. The van der Waals surface area contributed by atoms with Crippen molar-refractivity contribution in [3.8, 4) is 11.5 Å². The molecule has 1 aromatic heterocycles. The summed E-state index contributed by atoms with van der Waals surface area (Å²) in [5, 5.41) is 0. The van der Waals surface area contributed by atoms with Gasteiger partial charge < -0.3 is 15.9 Å². The second kappa shape index (κ2) is 4.13. The van der Waals surface area contributed by atoms with Crippen molar-refractivity contribution in [2.75, 3.05) is 5.73 Å². The number of carbonyl (C=O) groups excluding carboxylic acids is 1. The minimum Gasteiger partial charge on any atom is -0.436 e. The molecule has 0 atom stereocenters. The first-order chi connectivity index (χ1) is 9.15. The molecule has 5 heteroatoms. The van der Waals surface area contributed by atoms with Crippen LogP contribution in [0.25, 0.3) is 22.6 Å². The fourth-order valence-corrected chi connectivity index (χ4v) is 1.94. The van der Waals surface area contributed by atoms with Crippen LogP contribution in [-0.2, 0) is 0 Å². The molecule has 3 aromatic rings. The summed E-state index contributed by atoms with van der Waals surface area (Å²) in [4.78, 5) is 15.7. The molecule has 19 heavy (non-hydrogen) atoms. The van der Waals surface area contributed by atoms with Crippen molar-refractivity contribution in [2.24, 2.45) is 5.73 Å². The molecule has 0 saturated carbocycles. The minimum atomic E-state index is -0.516. The Bertz CT molecular complexity index is 777. The predicted octanol–water partition coefficient (Wildman–Crippen LogP) is 2.18. The van der Waals surface area contributed by atoms with Crippen LogP contribution < -0.4 is 11.5 Å². The average molecular weight is 253 g/mol. The number of nitrogens with two attached hydrogens (primary N) is 2. The van der Waals surface area contributed by atoms with Crippen molar-refractivity contribution >= 4 is 22.7 Å². The monoisotopic (exact) mass is 253 g/mol. The number of hydrogen-bond acceptors (Lipinski definition) is 4. The second-order valence-electron chi connectivity index (χ2n) is 4.16. The number of fused-ring (bicyclic) bond motifs is 1. The highest BCUT2D eigenvalue weighted by molar-refractivity contribution is 5.99. The van der Waals surface area contributed by atoms with E-state index in [4.69, 9.17) is 15.9 Å². The van der Waals surface area contributed by atoms with Gasteiger partial charge in [-0.2, -0.15) is 0 Å². The van der Waals surface area contributed by atoms with Crippen molar-refractivity contribution in [3.63, 3.8) is 0 Å². The van der Waals surface area contributed by atoms with Gasteiger partial charge in [-0.3, -0.25) is 4.79 Å². The number of aromatic nitrogens is 1. The summed E-state index contributed by atoms with van der Waals surface area (Å²) in [5.74, 6) is -0.160. The first kappa shape index (κ1) is 11.3. The molecule has 5 nitrogen and oxygen atoms in total. The van der Waals surface area contributed by atoms with Gasteiger partial charge in [0, 0.05) is 17.3 Å². The molecule has 3 rings (SSSR count). The summed E-state index contributed by atoms with van der Waals surface area (Å²) < 4.78 is 5.63. The predicted molar refractivity (Wildman–Crippen MR) is 72.4 cm³/mol. The van der Waals surface area contributed by atoms with Crippen molar-refractivity contribution in [2.45, 2.75) is 0 Å². The zero-order chi connectivity index (χ0) is 13.4. The lowest BCUT2D eigenvalue weighted by Crippen LogP contribution is -2.12. The Kier molecular flexibility index (Phi) is 2.45. The second-order valence-corrected chi connectivity index (χ2v) is 4.16. The highest BCUT2D eigenvalue weighted by atomic mass is 16.3. The van der Waals surface area contributed by atoms with Gasteiger partial charge in [-0.1, -0.05) is 12.1 Å². The number of carbonyl (C=O) groups is 1. The lowest BCUT2D eigenvalue weighted by molar-refractivity contribution is 0.100. The molecule has 0 fully saturated rings. The van der Waals surface area contributed by atoms with E-state index in [9.17, 15) is 4.79 Å². The van der Waals surface area contributed by atoms with Crippen LogP contribution >= 0.6 is 0 Å². The summed E-state index contributed by atoms with van der Waals surface area (Å²) >= 11 is 0. The average Bonchev–Trinajstić information content (AvgIpc) is 2.81. The Morgan fingerprint density at radius 2 is 1.95 bits per heavy atom. The van der Waals surface area contributed by atoms with Gasteiger partial charge in [0.15, 0.2) is 5.58 Å². The lowest BCUT2D eigenvalue weighted by atomic mass is 10.1. The van der Waals surface area contributed by atoms with Gasteiger partial charge in [-0.15, -0.1) is 0 Å². The highest BCUT2D eigenvalue weighted by Crippen LogP contribution is 2.27. The molecular weight excluding hydrogens is 242 g/mol. The van der Waals surface area contributed by atoms with Crippen molar-refractivity contribution < 1.29 is 9.21 Å². The van der Waals surface area contributed by atoms with Gasteiger partial charge in [0.2, 0.25) is 11.8 Å². The van der Waals surface area contributed by atoms with Crippen LogP contribution in [0.1, 0.15) is 10.4 Å². The molecule has 1 heterocycles. The molecule has 0 unspecified atom stereocenters. The molecule has 0 aliphatic carbocycles. The molecule has 0 spiro atoms. The van der Waals surface area contributed by atoms with E-state index in [0.29, 0.717) is 33.8 Å². The minimum absolute atomic E-state index is 0.356. The van der Waals surface area contributed by atoms with E-state index in [1.54, 1.807) is 42.5 Å². The van der Waals surface area contributed by atoms with Gasteiger partial charge in [0.1, 0.15) is 5.52 Å². The van der Waals surface area contributed by atoms with Gasteiger partial charge >= 0.3 is 0 Å². The van der Waals surface area contributed by atoms with E-state index in [1.807, 2.05) is 0 Å². The van der Waals surface area contributed by atoms with Crippen LogP contribution in [0, 0.1) is 0 Å². The number of primary amides is 1. The maximum atomic E-state index is 11.4. The quantitative estimate of drug-likeness (QED) is 0.684. The van der Waals surface area contributed by atoms with Crippen LogP contribution in [0.5, 0.6) is 0 Å². The lowest BCUT2D eigenvalue weighted by Gasteiger charge is -2.01. The van der Waals surface area contributed by atoms with E-state index in [-0.39, 0.29) is 0 Å². The summed E-state index contributed by atoms with van der Waals surface area (Å²) in [6, 6.07) is 12.1. The number of nitrogens with zero attached hydrogens (tertiary/aromatic N) is 1. The molecule has 2 aromatic carbocycles. The van der Waals surface area contributed by atoms with Crippen LogP contribution in [0.2, 0.25) is 0 Å². The number of anilines is 1. The SMILES string of the molecule is NC(=O)c1ccccc1-c1nc2ccc(N)cc2o1. The van der Waals surface area contributed by atoms with E-state index in [0.717, 1.165) is 0 Å². The van der Waals surface area contributed by atoms with Crippen molar-refractivity contribution in [3.05, 3.63) is 48.0 Å². The molecule has 0 saturated heterocycles. The van der Waals surface area contributed by atoms with Crippen LogP contribution in [-0.4, -0.2) is 10.9 Å². The number of rotatable bonds is 2. The molecule has 1 amide bonds. The summed E-state index contributed by atoms with van der Waals surface area (Å²) in [5.41, 5.74) is 13.8. The Hall–Kier alpha value is -2.82. The van der Waals surface area contributed by atoms with Crippen LogP contribution in [0.4, 0.5) is 5.69 Å². The van der Waals surface area contributed by atoms with Gasteiger partial charge in [0.05, 0.1) is 5.56 Å². The number of amides is 1. The highest BCUT2D eigenvalue weighted by Gasteiger charge is 2.14. The Morgan fingerprint density at radius 1 is 1.16 bits per heavy atom. The molecule has 0 bridgehead atoms. The van der Waals surface area contributed by atoms with E-state index >= 15 is 0 Å². The van der Waals surface area contributed by atoms with E-state index in [1.165, 1.54) is 0 Å². The summed E-state index contributed by atoms with van der Waals surface area (Å²) in [7, 11) is 0. The van der Waals surface area contributed by atoms with Gasteiger partial charge in [-0.05, 0) is 24.3 Å². The number of oxazole rings is 1. The standard InChI is InChI=1S/C14H11N3O2/c15-8-5-6-11-12(7-8)19-14(17-11)10-4-2-1-3-9(10)13(16)18/h1-7H,15H2,(H2,16,18). The number of hydrogen-bond donors (Lipinski definition) is 2. The van der Waals surface area contributed by atoms with Gasteiger partial charge in [0.25, 0.3) is 0 Å². The first-order valence-corrected chi connectivity index (χ1v) is 5.70. The fourth-order valence-electron chi connectivity index (χ4n) is 1.94. The normalized spacial score (nSPS) is 10.7. The van der Waals surface area contributed by atoms with E-state index in [2.05, 4.69) is 4.98 Å². The third-order valence-corrected chi connectivity index (χ3v) is 2.84. The zero-order valence-corrected chi connectivity index (χ0v) is 9.96. The fraction of sp³-hybridized carbons (Fsp3) is 0. The largest absolute Gasteiger partial charge is 0.436 e. The third-order valence-electron chi connectivity index (χ3n) is 2.84. The summed E-state index contributed by atoms with van der Waals surface area (Å²) in [6.07, 6.45) is 0. The van der Waals surface area contributed by atoms with Gasteiger partial charge in [-0.25, -0.2) is 4.98 Å². The molecular formula is C14H11N3O2. The van der Waals surface area contributed by atoms with Crippen molar-refractivity contribution in [1.82, 2.24) is 4.98 Å². The zero-order valence-electron chi connectivity index (χ0n) is 9.96. The molecule has 94 valence electrons. The Morgan fingerprint density at radius 3 is 2.74 bits per heavy atom. The topological polar surface area (TPSA) is 95.1 Å². The molecule has 0 aliphatic rings. The maximum absolute atomic E-state index is 11.4. The number of benzene rings is 2. The van der Waals surface area contributed by atoms with Crippen LogP contribution in [0.3, 0.4) is 0 Å². The molecule has 0 radical (unpaired) electrons. The Balaban J connectivity index is 2.22. The first-order valence-electron chi connectivity index (χ1n) is 5.70. The van der Waals surface area contributed by atoms with Crippen molar-refractivity contribution in [1.29, 1.82) is 0 Å². The molecule has 0 aliphatic heterocycles. The molecule has 4 N–H and O–H groups in total. The Labute approximate surface area is 108 Å². The maximum Gasteiger partial charge on any atom is 0.249 e. The smallest absolute Gasteiger partial charge is 0.249 e. The number of nitrogen functional groups attached to an aromatic ring is 1. The van der Waals surface area contributed by atoms with Crippen LogP contribution in [0.15, 0.2) is 46.9 Å². The summed E-state index contributed by atoms with van der Waals surface area (Å²) in [6.45, 7) is 0.